The Hall–Kier alpha value is -6.88. The normalized spacial score (nSPS) is 16.2. The highest BCUT2D eigenvalue weighted by Crippen LogP contribution is 2.31. The number of carbonyl (C=O) groups excluding carboxylic acids is 5. The molecule has 6 heterocycles. The van der Waals surface area contributed by atoms with Crippen LogP contribution in [0.2, 0.25) is 5.02 Å². The second kappa shape index (κ2) is 24.2. The van der Waals surface area contributed by atoms with Gasteiger partial charge in [0.15, 0.2) is 5.13 Å². The molecule has 1 unspecified atom stereocenters. The van der Waals surface area contributed by atoms with Gasteiger partial charge in [-0.15, -0.1) is 16.4 Å². The van der Waals surface area contributed by atoms with Crippen molar-refractivity contribution in [1.29, 1.82) is 0 Å². The van der Waals surface area contributed by atoms with Crippen molar-refractivity contribution in [2.45, 2.75) is 111 Å². The Morgan fingerprint density at radius 3 is 2.44 bits per heavy atom. The topological polar surface area (TPSA) is 246 Å². The highest BCUT2D eigenvalue weighted by atomic mass is 35.5. The van der Waals surface area contributed by atoms with E-state index in [0.29, 0.717) is 90.8 Å². The van der Waals surface area contributed by atoms with E-state index in [4.69, 9.17) is 11.6 Å². The third-order valence-electron chi connectivity index (χ3n) is 13.1. The molecule has 5 amide bonds. The number of thiazole rings is 2. The van der Waals surface area contributed by atoms with Gasteiger partial charge >= 0.3 is 0 Å². The third kappa shape index (κ3) is 14.1. The Bertz CT molecular complexity index is 2980. The Morgan fingerprint density at radius 2 is 1.72 bits per heavy atom. The number of para-hydroxylation sites is 1. The number of hydrogen-bond acceptors (Lipinski definition) is 16. The van der Waals surface area contributed by atoms with Crippen molar-refractivity contribution in [3.8, 4) is 10.4 Å². The third-order valence-corrected chi connectivity index (χ3v) is 15.3. The van der Waals surface area contributed by atoms with E-state index in [1.54, 1.807) is 22.1 Å². The van der Waals surface area contributed by atoms with Gasteiger partial charge in [-0.25, -0.2) is 19.9 Å². The zero-order valence-corrected chi connectivity index (χ0v) is 45.3. The molecule has 2 aliphatic heterocycles. The van der Waals surface area contributed by atoms with E-state index in [-0.39, 0.29) is 49.6 Å². The van der Waals surface area contributed by atoms with Crippen molar-refractivity contribution in [3.63, 3.8) is 0 Å². The van der Waals surface area contributed by atoms with Crippen LogP contribution in [-0.2, 0) is 38.7 Å². The fourth-order valence-corrected chi connectivity index (χ4v) is 10.8. The number of benzene rings is 2. The first kappa shape index (κ1) is 54.4. The van der Waals surface area contributed by atoms with Crippen molar-refractivity contribution < 1.29 is 29.1 Å². The molecule has 0 saturated carbocycles. The van der Waals surface area contributed by atoms with Crippen LogP contribution in [-0.4, -0.2) is 130 Å². The number of halogens is 1. The average Bonchev–Trinajstić information content (AvgIpc) is 4.22. The summed E-state index contributed by atoms with van der Waals surface area (Å²) in [6.45, 7) is 14.2. The lowest BCUT2D eigenvalue weighted by molar-refractivity contribution is -0.144. The van der Waals surface area contributed by atoms with Crippen LogP contribution < -0.4 is 26.2 Å². The second-order valence-electron chi connectivity index (χ2n) is 19.9. The zero-order valence-electron chi connectivity index (χ0n) is 42.9. The number of nitrogens with zero attached hydrogens (tertiary/aromatic N) is 10. The van der Waals surface area contributed by atoms with Crippen molar-refractivity contribution in [1.82, 2.24) is 55.4 Å². The molecule has 8 rings (SSSR count). The Balaban J connectivity index is 0.739. The number of aliphatic hydroxyl groups excluding tert-OH is 1. The maximum atomic E-state index is 14.1. The molecule has 2 aromatic carbocycles. The molecule has 23 heteroatoms. The van der Waals surface area contributed by atoms with Gasteiger partial charge in [0, 0.05) is 77.3 Å². The first-order valence-electron chi connectivity index (χ1n) is 25.0. The van der Waals surface area contributed by atoms with Crippen molar-refractivity contribution in [2.24, 2.45) is 5.41 Å². The van der Waals surface area contributed by atoms with E-state index in [9.17, 15) is 29.1 Å². The van der Waals surface area contributed by atoms with Gasteiger partial charge in [-0.1, -0.05) is 85.3 Å². The molecule has 6 aromatic rings. The Morgan fingerprint density at radius 1 is 0.947 bits per heavy atom. The monoisotopic (exact) mass is 1080 g/mol. The first-order chi connectivity index (χ1) is 35.9. The molecule has 2 fully saturated rings. The molecular weight excluding hydrogens is 1020 g/mol. The number of anilines is 4. The van der Waals surface area contributed by atoms with Crippen LogP contribution in [0.1, 0.15) is 90.9 Å². The number of nitrogens with one attached hydrogen (secondary N) is 4. The minimum atomic E-state index is -0.934. The molecule has 2 saturated heterocycles. The smallest absolute Gasteiger partial charge is 0.267 e. The SMILES string of the molecule is Cc1nc(Nc2ncc(C(=O)Nc3c(C)cccc3Cl)s2)cc(N2CCN(C(=O)CCCc3cn(CCCC(=O)NC(C(=O)N4C[C@H](O)C[C@H]4C(=O)NCc4ccc(-c5scnc5C)cc4)C(C)(C)C)nn3)CC2)n1. The van der Waals surface area contributed by atoms with Crippen LogP contribution in [0.25, 0.3) is 10.4 Å². The van der Waals surface area contributed by atoms with Crippen LogP contribution >= 0.6 is 34.3 Å². The van der Waals surface area contributed by atoms with Crippen LogP contribution in [0.3, 0.4) is 0 Å². The zero-order chi connectivity index (χ0) is 53.4. The highest BCUT2D eigenvalue weighted by molar-refractivity contribution is 7.17. The summed E-state index contributed by atoms with van der Waals surface area (Å²) in [7, 11) is 0. The van der Waals surface area contributed by atoms with E-state index in [2.05, 4.69) is 56.4 Å². The molecule has 0 bridgehead atoms. The summed E-state index contributed by atoms with van der Waals surface area (Å²) in [5.74, 6) is 0.475. The number of β-amino-alcohol motifs (C(OH)–C–C–N with tert-alkyl or cyclic N) is 1. The van der Waals surface area contributed by atoms with E-state index in [0.717, 1.165) is 38.8 Å². The molecule has 0 radical (unpaired) electrons. The maximum Gasteiger partial charge on any atom is 0.267 e. The van der Waals surface area contributed by atoms with Gasteiger partial charge in [-0.3, -0.25) is 28.7 Å². The molecule has 2 aliphatic rings. The Labute approximate surface area is 448 Å². The fourth-order valence-electron chi connectivity index (χ4n) is 9.03. The van der Waals surface area contributed by atoms with Crippen LogP contribution in [0, 0.1) is 26.2 Å². The van der Waals surface area contributed by atoms with Crippen LogP contribution in [0.4, 0.5) is 22.5 Å². The summed E-state index contributed by atoms with van der Waals surface area (Å²) in [4.78, 5) is 92.0. The number of likely N-dealkylation sites (tertiary alicyclic amines) is 1. The van der Waals surface area contributed by atoms with Crippen molar-refractivity contribution >= 4 is 86.3 Å². The molecule has 5 N–H and O–H groups in total. The quantitative estimate of drug-likeness (QED) is 0.0583. The van der Waals surface area contributed by atoms with Gasteiger partial charge in [0.2, 0.25) is 23.6 Å². The number of aliphatic hydroxyl groups is 1. The van der Waals surface area contributed by atoms with Gasteiger partial charge < -0.3 is 41.1 Å². The summed E-state index contributed by atoms with van der Waals surface area (Å²) < 4.78 is 1.67. The van der Waals surface area contributed by atoms with E-state index in [1.165, 1.54) is 22.4 Å². The fraction of sp³-hybridized carbons (Fsp3) is 0.442. The number of rotatable bonds is 19. The molecule has 396 valence electrons. The van der Waals surface area contributed by atoms with E-state index in [1.807, 2.05) is 101 Å². The van der Waals surface area contributed by atoms with Crippen molar-refractivity contribution in [3.05, 3.63) is 105 Å². The minimum Gasteiger partial charge on any atom is -0.391 e. The predicted octanol–water partition coefficient (Wildman–Crippen LogP) is 6.48. The van der Waals surface area contributed by atoms with E-state index < -0.39 is 29.5 Å². The number of piperazine rings is 1. The second-order valence-corrected chi connectivity index (χ2v) is 22.2. The minimum absolute atomic E-state index is 0.0113. The summed E-state index contributed by atoms with van der Waals surface area (Å²) in [5, 5.41) is 32.1. The number of hydrogen-bond donors (Lipinski definition) is 5. The number of aromatic nitrogens is 7. The van der Waals surface area contributed by atoms with Gasteiger partial charge in [0.05, 0.1) is 44.8 Å². The summed E-state index contributed by atoms with van der Waals surface area (Å²) in [5.41, 5.74) is 6.18. The molecular formula is C52H63ClN14O6S2. The standard InChI is InChI=1S/C52H63ClN14O6S2/c1-31-10-7-12-38(53)45(31)61-49(72)40-27-55-51(75-40)59-41-25-42(58-33(3)57-41)64-20-22-65(23-21-64)44(70)14-8-11-36-28-66(63-62-36)19-9-13-43(69)60-47(52(4,5)6)50(73)67-29-37(68)24-39(67)48(71)54-26-34-15-17-35(18-16-34)46-32(2)56-30-74-46/h7,10,12,15-18,25,27-28,30,37,39,47,68H,8-9,11,13-14,19-24,26,29H2,1-6H3,(H,54,71)(H,60,69)(H,61,72)(H,55,57,58,59)/t37-,39+,47?/m1/s1. The molecule has 4 aromatic heterocycles. The van der Waals surface area contributed by atoms with Gasteiger partial charge in [0.25, 0.3) is 5.91 Å². The first-order valence-corrected chi connectivity index (χ1v) is 27.1. The lowest BCUT2D eigenvalue weighted by Crippen LogP contribution is -2.57. The molecule has 20 nitrogen and oxygen atoms in total. The van der Waals surface area contributed by atoms with Crippen molar-refractivity contribution in [2.75, 3.05) is 48.3 Å². The molecule has 75 heavy (non-hydrogen) atoms. The summed E-state index contributed by atoms with van der Waals surface area (Å²) in [6.07, 6.45) is 4.64. The highest BCUT2D eigenvalue weighted by Gasteiger charge is 2.44. The van der Waals surface area contributed by atoms with E-state index >= 15 is 0 Å². The number of amides is 5. The Kier molecular flexibility index (Phi) is 17.5. The summed E-state index contributed by atoms with van der Waals surface area (Å²) in [6, 6.07) is 13.3. The van der Waals surface area contributed by atoms with Crippen LogP contribution in [0.5, 0.6) is 0 Å². The molecule has 3 atom stereocenters. The van der Waals surface area contributed by atoms with Crippen LogP contribution in [0.15, 0.2) is 66.4 Å². The number of carbonyl (C=O) groups is 5. The largest absolute Gasteiger partial charge is 0.391 e. The van der Waals surface area contributed by atoms with Gasteiger partial charge in [-0.05, 0) is 68.2 Å². The maximum absolute atomic E-state index is 14.1. The molecule has 0 spiro atoms. The van der Waals surface area contributed by atoms with Gasteiger partial charge in [-0.2, -0.15) is 0 Å². The van der Waals surface area contributed by atoms with Gasteiger partial charge in [0.1, 0.15) is 34.4 Å². The predicted molar refractivity (Wildman–Crippen MR) is 289 cm³/mol. The summed E-state index contributed by atoms with van der Waals surface area (Å²) >= 11 is 9.07. The number of aryl methyl sites for hydroxylation is 5. The lowest BCUT2D eigenvalue weighted by atomic mass is 9.85. The average molecular weight is 1080 g/mol. The lowest BCUT2D eigenvalue weighted by Gasteiger charge is -2.35. The molecule has 0 aliphatic carbocycles.